The molecule has 0 atom stereocenters. The van der Waals surface area contributed by atoms with Gasteiger partial charge in [0.05, 0.1) is 24.2 Å². The molecule has 2 aliphatic rings. The lowest BCUT2D eigenvalue weighted by atomic mass is 9.93. The number of imidazole rings is 1. The number of aromatic nitrogens is 4. The number of benzene rings is 1. The minimum Gasteiger partial charge on any atom is -0.474 e. The lowest BCUT2D eigenvalue weighted by molar-refractivity contribution is -0.120. The van der Waals surface area contributed by atoms with E-state index in [2.05, 4.69) is 20.3 Å². The molecule has 1 saturated carbocycles. The molecule has 3 aromatic rings. The van der Waals surface area contributed by atoms with Crippen molar-refractivity contribution in [2.75, 3.05) is 31.2 Å². The fourth-order valence-electron chi connectivity index (χ4n) is 4.70. The number of nitrogens with zero attached hydrogens (tertiary/aromatic N) is 5. The number of halogens is 2. The predicted octanol–water partition coefficient (Wildman–Crippen LogP) is 3.42. The third-order valence-corrected chi connectivity index (χ3v) is 6.35. The van der Waals surface area contributed by atoms with Crippen LogP contribution < -0.4 is 15.0 Å². The Morgan fingerprint density at radius 1 is 1.11 bits per heavy atom. The first kappa shape index (κ1) is 23.4. The van der Waals surface area contributed by atoms with Gasteiger partial charge in [-0.3, -0.25) is 9.36 Å². The highest BCUT2D eigenvalue weighted by Gasteiger charge is 2.26. The number of carbonyl (C=O) groups excluding carboxylic acids is 1. The summed E-state index contributed by atoms with van der Waals surface area (Å²) in [6.07, 6.45) is 0.258. The molecule has 9 nitrogen and oxygen atoms in total. The molecule has 1 aliphatic heterocycles. The van der Waals surface area contributed by atoms with Gasteiger partial charge in [0.1, 0.15) is 11.9 Å². The number of rotatable bonds is 6. The molecule has 35 heavy (non-hydrogen) atoms. The summed E-state index contributed by atoms with van der Waals surface area (Å²) in [6, 6.07) is 8.73. The number of nitrogens with one attached hydrogen (secondary N) is 1. The van der Waals surface area contributed by atoms with E-state index in [1.54, 1.807) is 30.3 Å². The van der Waals surface area contributed by atoms with Gasteiger partial charge in [0.15, 0.2) is 5.82 Å². The molecule has 1 aliphatic carbocycles. The standard InChI is InChI=1S/C24H28F2N6O3/c1-15(33)27-16-6-8-17(9-7-16)35-21-14-20(29-24(30-21)31-10-12-34-13-11-31)32-19-5-3-2-4-18(19)28-23(32)22(25)26/h2-5,14,16-17,22H,6-13H2,1H3,(H,27,33). The summed E-state index contributed by atoms with van der Waals surface area (Å²) in [7, 11) is 0. The normalized spacial score (nSPS) is 20.9. The van der Waals surface area contributed by atoms with Crippen LogP contribution in [0.15, 0.2) is 30.3 Å². The van der Waals surface area contributed by atoms with Crippen molar-refractivity contribution in [2.45, 2.75) is 51.2 Å². The Kier molecular flexibility index (Phi) is 6.76. The van der Waals surface area contributed by atoms with Gasteiger partial charge in [-0.15, -0.1) is 0 Å². The Bertz CT molecular complexity index is 1190. The molecule has 2 aromatic heterocycles. The van der Waals surface area contributed by atoms with E-state index in [4.69, 9.17) is 9.47 Å². The molecule has 1 aromatic carbocycles. The highest BCUT2D eigenvalue weighted by atomic mass is 19.3. The molecule has 1 amide bonds. The molecule has 3 heterocycles. The summed E-state index contributed by atoms with van der Waals surface area (Å²) in [6.45, 7) is 3.78. The smallest absolute Gasteiger partial charge is 0.296 e. The number of anilines is 1. The average Bonchev–Trinajstić information content (AvgIpc) is 3.25. The van der Waals surface area contributed by atoms with Crippen LogP contribution in [0.4, 0.5) is 14.7 Å². The number of ether oxygens (including phenoxy) is 2. The van der Waals surface area contributed by atoms with Crippen LogP contribution in [0.3, 0.4) is 0 Å². The topological polar surface area (TPSA) is 94.4 Å². The van der Waals surface area contributed by atoms with Crippen molar-refractivity contribution in [3.8, 4) is 11.7 Å². The molecular formula is C24H28F2N6O3. The van der Waals surface area contributed by atoms with E-state index < -0.39 is 6.43 Å². The molecule has 2 fully saturated rings. The molecule has 0 spiro atoms. The highest BCUT2D eigenvalue weighted by Crippen LogP contribution is 2.31. The Balaban J connectivity index is 1.49. The van der Waals surface area contributed by atoms with Crippen molar-refractivity contribution in [3.63, 3.8) is 0 Å². The second-order valence-electron chi connectivity index (χ2n) is 8.85. The zero-order valence-electron chi connectivity index (χ0n) is 19.5. The molecule has 1 N–H and O–H groups in total. The molecule has 186 valence electrons. The van der Waals surface area contributed by atoms with Crippen molar-refractivity contribution in [2.24, 2.45) is 0 Å². The third kappa shape index (κ3) is 5.19. The van der Waals surface area contributed by atoms with Crippen LogP contribution in [0, 0.1) is 0 Å². The van der Waals surface area contributed by atoms with Crippen LogP contribution in [0.1, 0.15) is 44.9 Å². The van der Waals surface area contributed by atoms with Crippen molar-refractivity contribution < 1.29 is 23.0 Å². The van der Waals surface area contributed by atoms with E-state index in [0.717, 1.165) is 25.7 Å². The van der Waals surface area contributed by atoms with Gasteiger partial charge in [-0.1, -0.05) is 12.1 Å². The first-order valence-corrected chi connectivity index (χ1v) is 11.9. The van der Waals surface area contributed by atoms with Crippen molar-refractivity contribution in [3.05, 3.63) is 36.2 Å². The zero-order valence-corrected chi connectivity index (χ0v) is 19.5. The Morgan fingerprint density at radius 2 is 1.86 bits per heavy atom. The number of fused-ring (bicyclic) bond motifs is 1. The fourth-order valence-corrected chi connectivity index (χ4v) is 4.70. The van der Waals surface area contributed by atoms with E-state index >= 15 is 0 Å². The van der Waals surface area contributed by atoms with Crippen molar-refractivity contribution in [1.82, 2.24) is 24.8 Å². The number of carbonyl (C=O) groups is 1. The van der Waals surface area contributed by atoms with E-state index in [1.165, 1.54) is 11.5 Å². The van der Waals surface area contributed by atoms with Gasteiger partial charge in [-0.25, -0.2) is 13.8 Å². The minimum atomic E-state index is -2.78. The largest absolute Gasteiger partial charge is 0.474 e. The van der Waals surface area contributed by atoms with Gasteiger partial charge >= 0.3 is 0 Å². The molecule has 5 rings (SSSR count). The Hall–Kier alpha value is -3.34. The number of hydrogen-bond acceptors (Lipinski definition) is 7. The van der Waals surface area contributed by atoms with E-state index in [0.29, 0.717) is 49.2 Å². The van der Waals surface area contributed by atoms with Crippen LogP contribution in [0.5, 0.6) is 5.88 Å². The van der Waals surface area contributed by atoms with Crippen LogP contribution in [0.2, 0.25) is 0 Å². The first-order valence-electron chi connectivity index (χ1n) is 11.9. The maximum Gasteiger partial charge on any atom is 0.296 e. The maximum atomic E-state index is 14.0. The fraction of sp³-hybridized carbons (Fsp3) is 0.500. The summed E-state index contributed by atoms with van der Waals surface area (Å²) < 4.78 is 41.1. The average molecular weight is 487 g/mol. The SMILES string of the molecule is CC(=O)NC1CCC(Oc2cc(-n3c(C(F)F)nc4ccccc43)nc(N3CCOCC3)n2)CC1. The Morgan fingerprint density at radius 3 is 2.57 bits per heavy atom. The van der Waals surface area contributed by atoms with E-state index in [-0.39, 0.29) is 29.7 Å². The van der Waals surface area contributed by atoms with E-state index in [9.17, 15) is 13.6 Å². The van der Waals surface area contributed by atoms with Crippen LogP contribution in [-0.4, -0.2) is 63.9 Å². The second kappa shape index (κ2) is 10.1. The number of morpholine rings is 1. The summed E-state index contributed by atoms with van der Waals surface area (Å²) in [4.78, 5) is 26.8. The van der Waals surface area contributed by atoms with Crippen molar-refractivity contribution >= 4 is 22.9 Å². The van der Waals surface area contributed by atoms with Crippen LogP contribution in [0.25, 0.3) is 16.9 Å². The molecule has 11 heteroatoms. The molecule has 1 saturated heterocycles. The second-order valence-corrected chi connectivity index (χ2v) is 8.85. The first-order chi connectivity index (χ1) is 17.0. The highest BCUT2D eigenvalue weighted by molar-refractivity contribution is 5.78. The number of amides is 1. The molecule has 0 bridgehead atoms. The monoisotopic (exact) mass is 486 g/mol. The minimum absolute atomic E-state index is 0.0349. The Labute approximate surface area is 201 Å². The summed E-state index contributed by atoms with van der Waals surface area (Å²) in [5.74, 6) is 0.613. The quantitative estimate of drug-likeness (QED) is 0.571. The van der Waals surface area contributed by atoms with Crippen molar-refractivity contribution in [1.29, 1.82) is 0 Å². The van der Waals surface area contributed by atoms with E-state index in [1.807, 2.05) is 4.90 Å². The number of para-hydroxylation sites is 2. The molecule has 0 radical (unpaired) electrons. The third-order valence-electron chi connectivity index (χ3n) is 6.35. The summed E-state index contributed by atoms with van der Waals surface area (Å²) in [5, 5.41) is 2.96. The lowest BCUT2D eigenvalue weighted by Gasteiger charge is -2.30. The lowest BCUT2D eigenvalue weighted by Crippen LogP contribution is -2.39. The molecule has 0 unspecified atom stereocenters. The van der Waals surface area contributed by atoms with Gasteiger partial charge in [-0.2, -0.15) is 9.97 Å². The maximum absolute atomic E-state index is 14.0. The summed E-state index contributed by atoms with van der Waals surface area (Å²) >= 11 is 0. The molecular weight excluding hydrogens is 458 g/mol. The number of alkyl halides is 2. The predicted molar refractivity (Wildman–Crippen MR) is 125 cm³/mol. The van der Waals surface area contributed by atoms with Gasteiger partial charge < -0.3 is 19.7 Å². The zero-order chi connectivity index (χ0) is 24.4. The van der Waals surface area contributed by atoms with Crippen LogP contribution >= 0.6 is 0 Å². The van der Waals surface area contributed by atoms with Gasteiger partial charge in [-0.05, 0) is 37.8 Å². The van der Waals surface area contributed by atoms with Gasteiger partial charge in [0, 0.05) is 32.1 Å². The van der Waals surface area contributed by atoms with Crippen LogP contribution in [-0.2, 0) is 9.53 Å². The summed E-state index contributed by atoms with van der Waals surface area (Å²) in [5.41, 5.74) is 1.00. The van der Waals surface area contributed by atoms with Gasteiger partial charge in [0.25, 0.3) is 6.43 Å². The van der Waals surface area contributed by atoms with Gasteiger partial charge in [0.2, 0.25) is 17.7 Å². The number of hydrogen-bond donors (Lipinski definition) is 1.